The summed E-state index contributed by atoms with van der Waals surface area (Å²) in [6, 6.07) is 0.689. The zero-order chi connectivity index (χ0) is 14.5. The zero-order valence-electron chi connectivity index (χ0n) is 12.9. The molecule has 0 aliphatic heterocycles. The number of nitrogens with two attached hydrogens (primary N) is 1. The molecule has 2 unspecified atom stereocenters. The molecule has 1 fully saturated rings. The van der Waals surface area contributed by atoms with Crippen LogP contribution in [0.1, 0.15) is 52.9 Å². The van der Waals surface area contributed by atoms with Crippen LogP contribution in [0.2, 0.25) is 0 Å². The molecule has 0 saturated heterocycles. The van der Waals surface area contributed by atoms with Crippen LogP contribution in [0.25, 0.3) is 0 Å². The van der Waals surface area contributed by atoms with E-state index in [9.17, 15) is 4.79 Å². The first-order valence-electron chi connectivity index (χ1n) is 7.55. The number of carbonyl (C=O) groups excluding carboxylic acids is 1. The minimum atomic E-state index is -0.837. The maximum atomic E-state index is 11.6. The van der Waals surface area contributed by atoms with Gasteiger partial charge in [-0.15, -0.1) is 0 Å². The van der Waals surface area contributed by atoms with Gasteiger partial charge in [0.1, 0.15) is 5.54 Å². The van der Waals surface area contributed by atoms with Gasteiger partial charge in [-0.25, -0.2) is 0 Å². The van der Waals surface area contributed by atoms with Gasteiger partial charge in [0.15, 0.2) is 0 Å². The lowest BCUT2D eigenvalue weighted by Gasteiger charge is -2.26. The quantitative estimate of drug-likeness (QED) is 0.515. The third-order valence-corrected chi connectivity index (χ3v) is 4.20. The fourth-order valence-electron chi connectivity index (χ4n) is 2.39. The van der Waals surface area contributed by atoms with Crippen LogP contribution in [0.15, 0.2) is 0 Å². The molecule has 0 amide bonds. The van der Waals surface area contributed by atoms with Crippen molar-refractivity contribution in [2.45, 2.75) is 64.5 Å². The van der Waals surface area contributed by atoms with Crippen LogP contribution in [-0.2, 0) is 9.53 Å². The SMILES string of the molecule is CCOC(=O)C(C)(N)CCCCN(C)C(C)C1CC1. The van der Waals surface area contributed by atoms with E-state index in [-0.39, 0.29) is 5.97 Å². The molecule has 19 heavy (non-hydrogen) atoms. The second-order valence-corrected chi connectivity index (χ2v) is 6.15. The highest BCUT2D eigenvalue weighted by atomic mass is 16.5. The molecule has 0 radical (unpaired) electrons. The zero-order valence-corrected chi connectivity index (χ0v) is 12.9. The van der Waals surface area contributed by atoms with Gasteiger partial charge in [0.2, 0.25) is 0 Å². The molecule has 2 N–H and O–H groups in total. The van der Waals surface area contributed by atoms with E-state index in [2.05, 4.69) is 18.9 Å². The Bertz CT molecular complexity index is 288. The molecule has 0 aromatic heterocycles. The maximum Gasteiger partial charge on any atom is 0.325 e. The van der Waals surface area contributed by atoms with Gasteiger partial charge in [0, 0.05) is 6.04 Å². The van der Waals surface area contributed by atoms with Crippen molar-refractivity contribution < 1.29 is 9.53 Å². The van der Waals surface area contributed by atoms with E-state index in [1.165, 1.54) is 12.8 Å². The van der Waals surface area contributed by atoms with Gasteiger partial charge < -0.3 is 15.4 Å². The Morgan fingerprint density at radius 1 is 1.47 bits per heavy atom. The second kappa shape index (κ2) is 7.25. The van der Waals surface area contributed by atoms with Gasteiger partial charge in [-0.05, 0) is 72.4 Å². The van der Waals surface area contributed by atoms with Gasteiger partial charge in [0.05, 0.1) is 6.61 Å². The maximum absolute atomic E-state index is 11.6. The van der Waals surface area contributed by atoms with E-state index in [0.717, 1.165) is 25.3 Å². The Labute approximate surface area is 117 Å². The number of nitrogens with zero attached hydrogens (tertiary/aromatic N) is 1. The lowest BCUT2D eigenvalue weighted by atomic mass is 9.96. The number of ether oxygens (including phenoxy) is 1. The average molecular weight is 270 g/mol. The predicted octanol–water partition coefficient (Wildman–Crippen LogP) is 2.17. The van der Waals surface area contributed by atoms with Gasteiger partial charge >= 0.3 is 5.97 Å². The monoisotopic (exact) mass is 270 g/mol. The van der Waals surface area contributed by atoms with Crippen LogP contribution in [0.4, 0.5) is 0 Å². The molecule has 112 valence electrons. The first-order valence-corrected chi connectivity index (χ1v) is 7.55. The Kier molecular flexibility index (Phi) is 6.27. The molecule has 0 aromatic carbocycles. The first-order chi connectivity index (χ1) is 8.88. The molecular weight excluding hydrogens is 240 g/mol. The lowest BCUT2D eigenvalue weighted by molar-refractivity contribution is -0.149. The first kappa shape index (κ1) is 16.4. The summed E-state index contributed by atoms with van der Waals surface area (Å²) in [6.07, 6.45) is 5.51. The highest BCUT2D eigenvalue weighted by Gasteiger charge is 2.31. The van der Waals surface area contributed by atoms with Crippen molar-refractivity contribution in [3.63, 3.8) is 0 Å². The van der Waals surface area contributed by atoms with Crippen molar-refractivity contribution in [1.29, 1.82) is 0 Å². The molecule has 4 nitrogen and oxygen atoms in total. The number of hydrogen-bond acceptors (Lipinski definition) is 4. The van der Waals surface area contributed by atoms with Crippen LogP contribution >= 0.6 is 0 Å². The molecule has 1 aliphatic carbocycles. The van der Waals surface area contributed by atoms with Crippen molar-refractivity contribution in [3.05, 3.63) is 0 Å². The Hall–Kier alpha value is -0.610. The summed E-state index contributed by atoms with van der Waals surface area (Å²) in [6.45, 7) is 7.36. The predicted molar refractivity (Wildman–Crippen MR) is 77.9 cm³/mol. The highest BCUT2D eigenvalue weighted by molar-refractivity contribution is 5.79. The normalized spacial score (nSPS) is 20.1. The van der Waals surface area contributed by atoms with Gasteiger partial charge in [-0.3, -0.25) is 4.79 Å². The molecule has 1 rings (SSSR count). The summed E-state index contributed by atoms with van der Waals surface area (Å²) in [5.74, 6) is 0.624. The second-order valence-electron chi connectivity index (χ2n) is 6.15. The largest absolute Gasteiger partial charge is 0.465 e. The van der Waals surface area contributed by atoms with Crippen molar-refractivity contribution in [3.8, 4) is 0 Å². The van der Waals surface area contributed by atoms with Crippen molar-refractivity contribution in [2.24, 2.45) is 11.7 Å². The van der Waals surface area contributed by atoms with Crippen LogP contribution in [0.5, 0.6) is 0 Å². The van der Waals surface area contributed by atoms with Crippen molar-refractivity contribution in [1.82, 2.24) is 4.90 Å². The summed E-state index contributed by atoms with van der Waals surface area (Å²) in [7, 11) is 2.19. The average Bonchev–Trinajstić information content (AvgIpc) is 3.18. The van der Waals surface area contributed by atoms with E-state index < -0.39 is 5.54 Å². The minimum Gasteiger partial charge on any atom is -0.465 e. The van der Waals surface area contributed by atoms with Gasteiger partial charge in [-0.1, -0.05) is 0 Å². The molecule has 0 heterocycles. The number of carbonyl (C=O) groups is 1. The lowest BCUT2D eigenvalue weighted by Crippen LogP contribution is -2.46. The van der Waals surface area contributed by atoms with E-state index in [1.54, 1.807) is 6.92 Å². The van der Waals surface area contributed by atoms with Crippen LogP contribution in [0, 0.1) is 5.92 Å². The smallest absolute Gasteiger partial charge is 0.325 e. The Balaban J connectivity index is 2.16. The minimum absolute atomic E-state index is 0.283. The van der Waals surface area contributed by atoms with Crippen LogP contribution in [-0.4, -0.2) is 42.6 Å². The summed E-state index contributed by atoms with van der Waals surface area (Å²) in [4.78, 5) is 14.1. The van der Waals surface area contributed by atoms with Gasteiger partial charge in [0.25, 0.3) is 0 Å². The number of esters is 1. The number of rotatable bonds is 9. The fraction of sp³-hybridized carbons (Fsp3) is 0.933. The highest BCUT2D eigenvalue weighted by Crippen LogP contribution is 2.34. The van der Waals surface area contributed by atoms with Crippen LogP contribution < -0.4 is 5.73 Å². The number of hydrogen-bond donors (Lipinski definition) is 1. The fourth-order valence-corrected chi connectivity index (χ4v) is 2.39. The standard InChI is InChI=1S/C15H30N2O2/c1-5-19-14(18)15(3,16)10-6-7-11-17(4)12(2)13-8-9-13/h12-13H,5-11,16H2,1-4H3. The van der Waals surface area contributed by atoms with E-state index in [4.69, 9.17) is 10.5 Å². The van der Waals surface area contributed by atoms with Crippen molar-refractivity contribution >= 4 is 5.97 Å². The number of unbranched alkanes of at least 4 members (excludes halogenated alkanes) is 1. The summed E-state index contributed by atoms with van der Waals surface area (Å²) in [5.41, 5.74) is 5.16. The van der Waals surface area contributed by atoms with E-state index in [0.29, 0.717) is 19.1 Å². The molecule has 4 heteroatoms. The Morgan fingerprint density at radius 3 is 2.63 bits per heavy atom. The van der Waals surface area contributed by atoms with E-state index in [1.807, 2.05) is 6.92 Å². The molecule has 2 atom stereocenters. The molecule has 1 saturated carbocycles. The topological polar surface area (TPSA) is 55.6 Å². The Morgan fingerprint density at radius 2 is 2.11 bits per heavy atom. The molecular formula is C15H30N2O2. The third-order valence-electron chi connectivity index (χ3n) is 4.20. The molecule has 0 aromatic rings. The molecule has 0 bridgehead atoms. The summed E-state index contributed by atoms with van der Waals surface area (Å²) < 4.78 is 4.99. The molecule has 0 spiro atoms. The van der Waals surface area contributed by atoms with Gasteiger partial charge in [-0.2, -0.15) is 0 Å². The van der Waals surface area contributed by atoms with Crippen LogP contribution in [0.3, 0.4) is 0 Å². The summed E-state index contributed by atoms with van der Waals surface area (Å²) in [5, 5.41) is 0. The van der Waals surface area contributed by atoms with E-state index >= 15 is 0 Å². The third kappa shape index (κ3) is 5.49. The van der Waals surface area contributed by atoms with Crippen molar-refractivity contribution in [2.75, 3.05) is 20.2 Å². The summed E-state index contributed by atoms with van der Waals surface area (Å²) >= 11 is 0. The molecule has 1 aliphatic rings.